The van der Waals surface area contributed by atoms with Crippen molar-refractivity contribution in [2.24, 2.45) is 0 Å². The van der Waals surface area contributed by atoms with Gasteiger partial charge in [0.05, 0.1) is 57.0 Å². The summed E-state index contributed by atoms with van der Waals surface area (Å²) in [5, 5.41) is 6.58. The Bertz CT molecular complexity index is 1790. The van der Waals surface area contributed by atoms with Gasteiger partial charge in [-0.15, -0.1) is 0 Å². The molecule has 2 aliphatic rings. The van der Waals surface area contributed by atoms with Crippen molar-refractivity contribution in [2.75, 3.05) is 71.1 Å². The van der Waals surface area contributed by atoms with Crippen molar-refractivity contribution in [2.45, 2.75) is 58.0 Å². The van der Waals surface area contributed by atoms with E-state index in [2.05, 4.69) is 25.6 Å². The molecule has 2 saturated heterocycles. The van der Waals surface area contributed by atoms with Gasteiger partial charge in [-0.3, -0.25) is 24.0 Å². The molecule has 3 aromatic rings. The van der Waals surface area contributed by atoms with E-state index in [0.717, 1.165) is 5.56 Å². The van der Waals surface area contributed by atoms with Crippen LogP contribution in [0.3, 0.4) is 0 Å². The van der Waals surface area contributed by atoms with E-state index in [4.69, 9.17) is 30.5 Å². The van der Waals surface area contributed by atoms with Gasteiger partial charge in [-0.2, -0.15) is 0 Å². The second kappa shape index (κ2) is 20.6. The molecule has 0 radical (unpaired) electrons. The lowest BCUT2D eigenvalue weighted by Gasteiger charge is -2.26. The SMILES string of the molecule is CC[C@H](COC(=O)CCC(=O)N1CCOCC1)Nc1ncc(C)c(-c2c[nH]c(C(=O)N[C@H](COC(=O)CCC(=O)N3CCOCC3)c3cccc(Cl)c3)c2)n1. The van der Waals surface area contributed by atoms with Crippen molar-refractivity contribution in [3.63, 3.8) is 0 Å². The van der Waals surface area contributed by atoms with Gasteiger partial charge >= 0.3 is 11.9 Å². The van der Waals surface area contributed by atoms with Crippen LogP contribution >= 0.6 is 11.6 Å². The number of aryl methyl sites for hydroxylation is 1. The molecule has 1 aromatic carbocycles. The van der Waals surface area contributed by atoms with Crippen molar-refractivity contribution in [3.05, 3.63) is 64.6 Å². The summed E-state index contributed by atoms with van der Waals surface area (Å²) in [5.74, 6) is -1.40. The van der Waals surface area contributed by atoms with Gasteiger partial charge in [-0.1, -0.05) is 30.7 Å². The Hall–Kier alpha value is -5.06. The normalized spacial score (nSPS) is 15.5. The third-order valence-corrected chi connectivity index (χ3v) is 9.46. The first kappa shape index (κ1) is 41.1. The molecule has 0 spiro atoms. The highest BCUT2D eigenvalue weighted by atomic mass is 35.5. The van der Waals surface area contributed by atoms with Crippen molar-refractivity contribution >= 4 is 47.2 Å². The van der Waals surface area contributed by atoms with E-state index in [1.165, 1.54) is 0 Å². The minimum atomic E-state index is -0.737. The van der Waals surface area contributed by atoms with E-state index in [1.54, 1.807) is 52.5 Å². The van der Waals surface area contributed by atoms with Gasteiger partial charge in [0.1, 0.15) is 18.9 Å². The smallest absolute Gasteiger partial charge is 0.306 e. The Morgan fingerprint density at radius 1 is 0.891 bits per heavy atom. The highest BCUT2D eigenvalue weighted by Crippen LogP contribution is 2.24. The summed E-state index contributed by atoms with van der Waals surface area (Å²) in [5.41, 5.74) is 2.84. The Morgan fingerprint density at radius 2 is 1.51 bits per heavy atom. The first-order valence-corrected chi connectivity index (χ1v) is 18.8. The number of amides is 3. The number of nitrogens with one attached hydrogen (secondary N) is 3. The summed E-state index contributed by atoms with van der Waals surface area (Å²) < 4.78 is 21.5. The second-order valence-corrected chi connectivity index (χ2v) is 13.6. The van der Waals surface area contributed by atoms with Crippen LogP contribution in [0, 0.1) is 6.92 Å². The Balaban J connectivity index is 1.16. The zero-order valence-electron chi connectivity index (χ0n) is 31.1. The number of hydrogen-bond acceptors (Lipinski definition) is 12. The summed E-state index contributed by atoms with van der Waals surface area (Å²) in [7, 11) is 0. The molecule has 2 aromatic heterocycles. The van der Waals surface area contributed by atoms with Gasteiger partial charge in [0.25, 0.3) is 5.91 Å². The Kier molecular flexibility index (Phi) is 15.4. The molecule has 0 bridgehead atoms. The highest BCUT2D eigenvalue weighted by Gasteiger charge is 2.23. The number of carbonyl (C=O) groups excluding carboxylic acids is 5. The number of aromatic amines is 1. The van der Waals surface area contributed by atoms with E-state index < -0.39 is 23.9 Å². The fourth-order valence-corrected chi connectivity index (χ4v) is 6.16. The van der Waals surface area contributed by atoms with E-state index in [0.29, 0.717) is 86.8 Å². The summed E-state index contributed by atoms with van der Waals surface area (Å²) in [6.45, 7) is 7.65. The van der Waals surface area contributed by atoms with Crippen molar-refractivity contribution in [1.82, 2.24) is 30.1 Å². The molecule has 3 amide bonds. The topological polar surface area (TPSA) is 194 Å². The first-order valence-electron chi connectivity index (χ1n) is 18.5. The van der Waals surface area contributed by atoms with Crippen molar-refractivity contribution in [3.8, 4) is 11.3 Å². The molecule has 2 atom stereocenters. The molecule has 2 fully saturated rings. The van der Waals surface area contributed by atoms with Crippen LogP contribution in [0.2, 0.25) is 5.02 Å². The molecule has 5 rings (SSSR count). The third-order valence-electron chi connectivity index (χ3n) is 9.23. The number of benzene rings is 1. The maximum absolute atomic E-state index is 13.5. The van der Waals surface area contributed by atoms with Crippen LogP contribution in [0.15, 0.2) is 42.7 Å². The molecule has 17 heteroatoms. The first-order chi connectivity index (χ1) is 26.6. The molecule has 55 heavy (non-hydrogen) atoms. The minimum absolute atomic E-state index is 0.00983. The van der Waals surface area contributed by atoms with Crippen LogP contribution in [0.1, 0.15) is 66.7 Å². The molecule has 0 unspecified atom stereocenters. The summed E-state index contributed by atoms with van der Waals surface area (Å²) in [6.07, 6.45) is 3.92. The van der Waals surface area contributed by atoms with Crippen LogP contribution in [0.25, 0.3) is 11.3 Å². The molecule has 0 saturated carbocycles. The molecule has 2 aliphatic heterocycles. The summed E-state index contributed by atoms with van der Waals surface area (Å²) in [4.78, 5) is 78.9. The van der Waals surface area contributed by atoms with Crippen LogP contribution in [-0.4, -0.2) is 126 Å². The lowest BCUT2D eigenvalue weighted by Crippen LogP contribution is -2.40. The lowest BCUT2D eigenvalue weighted by molar-refractivity contribution is -0.147. The second-order valence-electron chi connectivity index (χ2n) is 13.2. The summed E-state index contributed by atoms with van der Waals surface area (Å²) in [6, 6.07) is 7.51. The number of hydrogen-bond donors (Lipinski definition) is 3. The van der Waals surface area contributed by atoms with Crippen molar-refractivity contribution < 1.29 is 42.9 Å². The van der Waals surface area contributed by atoms with Crippen LogP contribution in [0.4, 0.5) is 5.95 Å². The summed E-state index contributed by atoms with van der Waals surface area (Å²) >= 11 is 6.25. The van der Waals surface area contributed by atoms with E-state index >= 15 is 0 Å². The fourth-order valence-electron chi connectivity index (χ4n) is 5.96. The number of aromatic nitrogens is 3. The quantitative estimate of drug-likeness (QED) is 0.169. The molecule has 3 N–H and O–H groups in total. The highest BCUT2D eigenvalue weighted by molar-refractivity contribution is 6.30. The average Bonchev–Trinajstić information content (AvgIpc) is 3.71. The average molecular weight is 782 g/mol. The number of ether oxygens (including phenoxy) is 4. The number of carbonyl (C=O) groups is 5. The van der Waals surface area contributed by atoms with Gasteiger partial charge in [0.2, 0.25) is 17.8 Å². The van der Waals surface area contributed by atoms with E-state index in [1.807, 2.05) is 13.8 Å². The molecule has 4 heterocycles. The number of nitrogens with zero attached hydrogens (tertiary/aromatic N) is 4. The lowest BCUT2D eigenvalue weighted by atomic mass is 10.1. The zero-order valence-corrected chi connectivity index (χ0v) is 31.9. The third kappa shape index (κ3) is 12.5. The van der Waals surface area contributed by atoms with E-state index in [9.17, 15) is 24.0 Å². The minimum Gasteiger partial charge on any atom is -0.463 e. The van der Waals surface area contributed by atoms with Crippen LogP contribution in [-0.2, 0) is 38.1 Å². The molecule has 0 aliphatic carbocycles. The molecule has 16 nitrogen and oxygen atoms in total. The molecular weight excluding hydrogens is 734 g/mol. The fraction of sp³-hybridized carbons (Fsp3) is 0.500. The standard InChI is InChI=1S/C38H48ClN7O9/c1-3-29(23-54-34(49)9-7-32(47)45-11-15-52-16-12-45)42-38-41-21-25(2)36(44-38)27-20-30(40-22-27)37(51)43-31(26-5-4-6-28(39)19-26)24-55-35(50)10-8-33(48)46-13-17-53-18-14-46/h4-6,19-22,29,31,40H,3,7-18,23-24H2,1-2H3,(H,43,51)(H,41,42,44)/t29-,31-/m1/s1. The Labute approximate surface area is 324 Å². The van der Waals surface area contributed by atoms with Crippen LogP contribution < -0.4 is 10.6 Å². The van der Waals surface area contributed by atoms with Gasteiger partial charge in [-0.25, -0.2) is 9.97 Å². The number of rotatable bonds is 17. The maximum atomic E-state index is 13.5. The number of H-pyrrole nitrogens is 1. The number of morpholine rings is 2. The van der Waals surface area contributed by atoms with Crippen LogP contribution in [0.5, 0.6) is 0 Å². The largest absolute Gasteiger partial charge is 0.463 e. The Morgan fingerprint density at radius 3 is 2.11 bits per heavy atom. The molecular formula is C38H48ClN7O9. The monoisotopic (exact) mass is 781 g/mol. The number of esters is 2. The number of halogens is 1. The van der Waals surface area contributed by atoms with Crippen molar-refractivity contribution in [1.29, 1.82) is 0 Å². The number of anilines is 1. The van der Waals surface area contributed by atoms with Gasteiger partial charge in [0, 0.05) is 62.0 Å². The van der Waals surface area contributed by atoms with Gasteiger partial charge in [0.15, 0.2) is 0 Å². The van der Waals surface area contributed by atoms with E-state index in [-0.39, 0.29) is 62.4 Å². The van der Waals surface area contributed by atoms with Gasteiger partial charge in [-0.05, 0) is 42.7 Å². The van der Waals surface area contributed by atoms with Gasteiger partial charge < -0.3 is 44.4 Å². The predicted octanol–water partition coefficient (Wildman–Crippen LogP) is 3.46. The predicted molar refractivity (Wildman–Crippen MR) is 201 cm³/mol. The zero-order chi connectivity index (χ0) is 39.2. The maximum Gasteiger partial charge on any atom is 0.306 e. The molecule has 296 valence electrons.